The van der Waals surface area contributed by atoms with Crippen molar-refractivity contribution in [3.63, 3.8) is 0 Å². The normalized spacial score (nSPS) is 13.2. The van der Waals surface area contributed by atoms with E-state index in [1.54, 1.807) is 24.3 Å². The highest BCUT2D eigenvalue weighted by molar-refractivity contribution is 7.91. The zero-order valence-electron chi connectivity index (χ0n) is 40.1. The zero-order chi connectivity index (χ0) is 45.0. The van der Waals surface area contributed by atoms with Crippen LogP contribution in [0.25, 0.3) is 11.4 Å². The van der Waals surface area contributed by atoms with Crippen molar-refractivity contribution in [2.24, 2.45) is 5.92 Å². The molecule has 0 aliphatic carbocycles. The number of ether oxygens (including phenoxy) is 2. The molecule has 0 spiro atoms. The van der Waals surface area contributed by atoms with Crippen molar-refractivity contribution >= 4 is 22.0 Å². The summed E-state index contributed by atoms with van der Waals surface area (Å²) in [6.45, 7) is 5.71. The molecule has 0 fully saturated rings. The molecule has 0 aliphatic heterocycles. The average molecular weight is 887 g/mol. The van der Waals surface area contributed by atoms with Gasteiger partial charge in [-0.1, -0.05) is 256 Å². The molecule has 62 heavy (non-hydrogen) atoms. The van der Waals surface area contributed by atoms with Crippen LogP contribution in [0.4, 0.5) is 0 Å². The Hall–Kier alpha value is -2.82. The van der Waals surface area contributed by atoms with E-state index in [-0.39, 0.29) is 18.7 Å². The van der Waals surface area contributed by atoms with Gasteiger partial charge in [-0.05, 0) is 23.3 Å². The van der Waals surface area contributed by atoms with E-state index in [2.05, 4.69) is 29.4 Å². The number of hydrogen-bond donors (Lipinski definition) is 0. The van der Waals surface area contributed by atoms with E-state index in [1.807, 2.05) is 6.07 Å². The summed E-state index contributed by atoms with van der Waals surface area (Å²) in [6, 6.07) is 8.79. The first kappa shape index (κ1) is 55.3. The van der Waals surface area contributed by atoms with E-state index in [0.29, 0.717) is 18.4 Å². The van der Waals surface area contributed by atoms with Gasteiger partial charge in [0.2, 0.25) is 4.93 Å². The number of aromatic nitrogens is 4. The van der Waals surface area contributed by atoms with Gasteiger partial charge in [0.25, 0.3) is 10.0 Å². The molecule has 0 aliphatic rings. The minimum absolute atomic E-state index is 0.00946. The molecule has 0 unspecified atom stereocenters. The molecule has 0 N–H and O–H groups in total. The largest absolute Gasteiger partial charge is 0.469 e. The van der Waals surface area contributed by atoms with Gasteiger partial charge in [0.1, 0.15) is 5.92 Å². The van der Waals surface area contributed by atoms with Gasteiger partial charge in [-0.25, -0.2) is 8.42 Å². The zero-order valence-corrected chi connectivity index (χ0v) is 40.9. The van der Waals surface area contributed by atoms with E-state index in [0.717, 1.165) is 49.0 Å². The second kappa shape index (κ2) is 35.5. The molecular weight excluding hydrogens is 797 g/mol. The standard InChI is InChI=1S/C51H90N4O6S/c1-5-7-9-11-13-15-17-19-20-21-22-23-24-25-26-27-28-29-31-33-35-40-44-48(50(57)60-4)51(61-46(3)56,45-41-36-34-32-30-18-16-14-12-10-8-6-2)62(58,59)55-49(52-53-54-55)47-42-38-37-39-43-47/h37-39,42-43,48H,5-36,40-41,44-45H2,1-4H3/t48-,51-/m1/s1. The SMILES string of the molecule is CCCCCCCCCCCCCCCCCCCCCCCC[C@H](C(=O)OC)[C@](CCCCCCCCCCCCCC)(OC(C)=O)S(=O)(=O)n1nnnc1-c1ccccc1. The van der Waals surface area contributed by atoms with Crippen molar-refractivity contribution in [1.82, 2.24) is 19.6 Å². The minimum Gasteiger partial charge on any atom is -0.469 e. The topological polar surface area (TPSA) is 130 Å². The summed E-state index contributed by atoms with van der Waals surface area (Å²) in [7, 11) is -3.44. The Kier molecular flexibility index (Phi) is 31.7. The fraction of sp³-hybridized carbons (Fsp3) is 0.824. The predicted octanol–water partition coefficient (Wildman–Crippen LogP) is 14.6. The number of carbonyl (C=O) groups is 2. The molecule has 0 saturated heterocycles. The first-order chi connectivity index (χ1) is 30.2. The predicted molar refractivity (Wildman–Crippen MR) is 255 cm³/mol. The molecule has 11 heteroatoms. The maximum atomic E-state index is 15.0. The summed E-state index contributed by atoms with van der Waals surface area (Å²) >= 11 is 0. The monoisotopic (exact) mass is 887 g/mol. The van der Waals surface area contributed by atoms with Crippen LogP contribution in [0.15, 0.2) is 30.3 Å². The number of rotatable bonds is 42. The lowest BCUT2D eigenvalue weighted by molar-refractivity contribution is -0.164. The number of carbonyl (C=O) groups excluding carboxylic acids is 2. The molecule has 10 nitrogen and oxygen atoms in total. The van der Waals surface area contributed by atoms with Crippen LogP contribution in [0.3, 0.4) is 0 Å². The van der Waals surface area contributed by atoms with Crippen molar-refractivity contribution in [1.29, 1.82) is 0 Å². The third kappa shape index (κ3) is 22.2. The Labute approximate surface area is 379 Å². The first-order valence-corrected chi connectivity index (χ1v) is 27.1. The molecular formula is C51H90N4O6S. The lowest BCUT2D eigenvalue weighted by atomic mass is 9.90. The summed E-state index contributed by atoms with van der Waals surface area (Å²) < 4.78 is 42.0. The molecule has 0 saturated carbocycles. The number of benzene rings is 1. The van der Waals surface area contributed by atoms with Crippen LogP contribution in [0, 0.1) is 5.92 Å². The number of nitrogens with zero attached hydrogens (tertiary/aromatic N) is 4. The van der Waals surface area contributed by atoms with Gasteiger partial charge in [-0.15, -0.1) is 9.19 Å². The van der Waals surface area contributed by atoms with Crippen molar-refractivity contribution < 1.29 is 27.5 Å². The molecule has 0 bridgehead atoms. The third-order valence-electron chi connectivity index (χ3n) is 12.7. The second-order valence-electron chi connectivity index (χ2n) is 18.1. The smallest absolute Gasteiger partial charge is 0.313 e. The molecule has 0 amide bonds. The Balaban J connectivity index is 1.92. The van der Waals surface area contributed by atoms with Gasteiger partial charge in [0.05, 0.1) is 7.11 Å². The van der Waals surface area contributed by atoms with Crippen LogP contribution in [-0.2, 0) is 29.1 Å². The van der Waals surface area contributed by atoms with E-state index in [4.69, 9.17) is 9.47 Å². The van der Waals surface area contributed by atoms with Crippen LogP contribution < -0.4 is 0 Å². The fourth-order valence-corrected chi connectivity index (χ4v) is 11.0. The molecule has 1 aromatic heterocycles. The summed E-state index contributed by atoms with van der Waals surface area (Å²) in [5.41, 5.74) is 0.484. The quantitative estimate of drug-likeness (QED) is 0.0472. The molecule has 2 atom stereocenters. The van der Waals surface area contributed by atoms with Crippen LogP contribution in [0.1, 0.15) is 252 Å². The van der Waals surface area contributed by atoms with E-state index in [1.165, 1.54) is 175 Å². The molecule has 2 aromatic rings. The highest BCUT2D eigenvalue weighted by Crippen LogP contribution is 2.41. The van der Waals surface area contributed by atoms with Crippen molar-refractivity contribution in [3.05, 3.63) is 30.3 Å². The van der Waals surface area contributed by atoms with Gasteiger partial charge < -0.3 is 9.47 Å². The number of unbranched alkanes of at least 4 members (excludes halogenated alkanes) is 32. The minimum atomic E-state index is -4.70. The fourth-order valence-electron chi connectivity index (χ4n) is 8.97. The van der Waals surface area contributed by atoms with Crippen molar-refractivity contribution in [2.45, 2.75) is 257 Å². The first-order valence-electron chi connectivity index (χ1n) is 25.6. The highest BCUT2D eigenvalue weighted by atomic mass is 32.2. The van der Waals surface area contributed by atoms with Gasteiger partial charge in [0.15, 0.2) is 5.82 Å². The second-order valence-corrected chi connectivity index (χ2v) is 20.0. The van der Waals surface area contributed by atoms with Crippen LogP contribution in [0.5, 0.6) is 0 Å². The summed E-state index contributed by atoms with van der Waals surface area (Å²) in [5, 5.41) is 11.7. The molecule has 1 aromatic carbocycles. The highest BCUT2D eigenvalue weighted by Gasteiger charge is 2.58. The Morgan fingerprint density at radius 3 is 1.32 bits per heavy atom. The lowest BCUT2D eigenvalue weighted by Gasteiger charge is -2.37. The number of methoxy groups -OCH3 is 1. The number of hydrogen-bond acceptors (Lipinski definition) is 9. The van der Waals surface area contributed by atoms with E-state index < -0.39 is 32.8 Å². The van der Waals surface area contributed by atoms with E-state index in [9.17, 15) is 18.0 Å². The lowest BCUT2D eigenvalue weighted by Crippen LogP contribution is -2.55. The Morgan fingerprint density at radius 2 is 0.952 bits per heavy atom. The molecule has 0 radical (unpaired) electrons. The molecule has 1 heterocycles. The van der Waals surface area contributed by atoms with Crippen molar-refractivity contribution in [2.75, 3.05) is 7.11 Å². The van der Waals surface area contributed by atoms with Gasteiger partial charge in [0, 0.05) is 18.9 Å². The van der Waals surface area contributed by atoms with Crippen LogP contribution in [-0.4, -0.2) is 52.0 Å². The van der Waals surface area contributed by atoms with Crippen molar-refractivity contribution in [3.8, 4) is 11.4 Å². The maximum absolute atomic E-state index is 15.0. The summed E-state index contributed by atoms with van der Waals surface area (Å²) in [5.74, 6) is -2.77. The third-order valence-corrected chi connectivity index (χ3v) is 14.8. The van der Waals surface area contributed by atoms with Crippen LogP contribution >= 0.6 is 0 Å². The Morgan fingerprint density at radius 1 is 0.581 bits per heavy atom. The number of esters is 2. The van der Waals surface area contributed by atoms with Gasteiger partial charge in [-0.2, -0.15) is 0 Å². The average Bonchev–Trinajstić information content (AvgIpc) is 3.78. The summed E-state index contributed by atoms with van der Waals surface area (Å²) in [4.78, 5) is 24.4. The van der Waals surface area contributed by atoms with E-state index >= 15 is 0 Å². The van der Waals surface area contributed by atoms with Gasteiger partial charge >= 0.3 is 11.9 Å². The summed E-state index contributed by atoms with van der Waals surface area (Å²) in [6.07, 6.45) is 41.3. The van der Waals surface area contributed by atoms with Crippen LogP contribution in [0.2, 0.25) is 0 Å². The number of tetrazole rings is 1. The molecule has 356 valence electrons. The molecule has 2 rings (SSSR count). The Bertz CT molecular complexity index is 1500. The maximum Gasteiger partial charge on any atom is 0.313 e. The van der Waals surface area contributed by atoms with Gasteiger partial charge in [-0.3, -0.25) is 9.59 Å².